The Hall–Kier alpha value is -4.55. The van der Waals surface area contributed by atoms with Gasteiger partial charge in [-0.1, -0.05) is 18.7 Å². The number of nitrogens with zero attached hydrogens (tertiary/aromatic N) is 3. The highest BCUT2D eigenvalue weighted by atomic mass is 19.4. The van der Waals surface area contributed by atoms with Crippen LogP contribution in [-0.4, -0.2) is 52.0 Å². The lowest BCUT2D eigenvalue weighted by Gasteiger charge is -2.15. The van der Waals surface area contributed by atoms with Crippen LogP contribution in [0.2, 0.25) is 0 Å². The Morgan fingerprint density at radius 2 is 1.78 bits per heavy atom. The number of hydrogen-bond donors (Lipinski definition) is 3. The molecule has 0 spiro atoms. The predicted molar refractivity (Wildman–Crippen MR) is 122 cm³/mol. The summed E-state index contributed by atoms with van der Waals surface area (Å²) < 4.78 is 54.1. The number of fused-ring (bicyclic) bond motifs is 7. The third-order valence-electron chi connectivity index (χ3n) is 4.70. The number of carboxylic acids is 1. The van der Waals surface area contributed by atoms with Crippen molar-refractivity contribution in [3.8, 4) is 17.5 Å². The number of aromatic nitrogens is 3. The first-order valence-electron chi connectivity index (χ1n) is 10.5. The van der Waals surface area contributed by atoms with E-state index in [0.29, 0.717) is 17.0 Å². The lowest BCUT2D eigenvalue weighted by atomic mass is 10.2. The summed E-state index contributed by atoms with van der Waals surface area (Å²) >= 11 is 0. The minimum absolute atomic E-state index is 0.0168. The fourth-order valence-electron chi connectivity index (χ4n) is 3.02. The Labute approximate surface area is 202 Å². The van der Waals surface area contributed by atoms with Crippen LogP contribution in [0.5, 0.6) is 17.5 Å². The molecule has 0 atom stereocenters. The average molecular weight is 503 g/mol. The molecule has 0 unspecified atom stereocenters. The number of halogens is 3. The van der Waals surface area contributed by atoms with Crippen LogP contribution < -0.4 is 24.8 Å². The van der Waals surface area contributed by atoms with Crippen molar-refractivity contribution in [2.75, 3.05) is 30.5 Å². The molecule has 188 valence electrons. The summed E-state index contributed by atoms with van der Waals surface area (Å²) in [7, 11) is 0. The number of carbonyl (C=O) groups is 1. The summed E-state index contributed by atoms with van der Waals surface area (Å²) in [5.74, 6) is -0.784. The summed E-state index contributed by atoms with van der Waals surface area (Å²) in [5.41, 5.74) is 1.59. The van der Waals surface area contributed by atoms with Crippen molar-refractivity contribution in [3.63, 3.8) is 0 Å². The molecule has 6 bridgehead atoms. The van der Waals surface area contributed by atoms with Crippen LogP contribution in [0.15, 0.2) is 54.6 Å². The molecule has 2 aromatic carbocycles. The molecule has 3 aromatic rings. The first-order valence-corrected chi connectivity index (χ1v) is 10.5. The lowest BCUT2D eigenvalue weighted by Crippen LogP contribution is -2.21. The van der Waals surface area contributed by atoms with Crippen molar-refractivity contribution >= 4 is 23.6 Å². The second kappa shape index (κ2) is 10.4. The first kappa shape index (κ1) is 24.6. The van der Waals surface area contributed by atoms with Gasteiger partial charge in [0.2, 0.25) is 11.9 Å². The Kier molecular flexibility index (Phi) is 7.08. The standard InChI is InChI=1S/C23H20F3N5O5/c1-13-10-34-16-5-2-14(3-6-16)9-27-20-29-21(31-22(30-20)36-12-23(24,25)26)28-15-4-7-17(19(32)33)18(8-15)35-11-13/h2-8H,1,9-12H2,(H,32,33)(H2,27,28,29,30,31). The normalized spacial score (nSPS) is 13.8. The molecule has 10 nitrogen and oxygen atoms in total. The Morgan fingerprint density at radius 3 is 2.50 bits per heavy atom. The fourth-order valence-corrected chi connectivity index (χ4v) is 3.02. The Bertz CT molecular complexity index is 1270. The fraction of sp³-hybridized carbons (Fsp3) is 0.217. The monoisotopic (exact) mass is 503 g/mol. The number of benzene rings is 2. The van der Waals surface area contributed by atoms with E-state index < -0.39 is 24.8 Å². The molecule has 3 N–H and O–H groups in total. The maximum absolute atomic E-state index is 12.7. The SMILES string of the molecule is C=C1COc2ccc(cc2)CNc2nc(nc(OCC(F)(F)F)n2)Nc2ccc(C(=O)O)c(c2)OC1. The number of aromatic carboxylic acids is 1. The summed E-state index contributed by atoms with van der Waals surface area (Å²) in [6, 6.07) is 10.6. The molecule has 36 heavy (non-hydrogen) atoms. The maximum atomic E-state index is 12.7. The van der Waals surface area contributed by atoms with Crippen molar-refractivity contribution in [2.45, 2.75) is 12.7 Å². The molecule has 0 aliphatic carbocycles. The van der Waals surface area contributed by atoms with Crippen molar-refractivity contribution in [2.24, 2.45) is 0 Å². The molecule has 13 heteroatoms. The minimum Gasteiger partial charge on any atom is -0.489 e. The van der Waals surface area contributed by atoms with Gasteiger partial charge in [0.1, 0.15) is 30.3 Å². The molecule has 2 aliphatic rings. The van der Waals surface area contributed by atoms with Gasteiger partial charge in [-0.25, -0.2) is 4.79 Å². The van der Waals surface area contributed by atoms with E-state index in [1.807, 2.05) is 0 Å². The second-order valence-corrected chi connectivity index (χ2v) is 7.63. The minimum atomic E-state index is -4.59. The molecular weight excluding hydrogens is 483 g/mol. The Balaban J connectivity index is 1.70. The van der Waals surface area contributed by atoms with Crippen LogP contribution in [0.3, 0.4) is 0 Å². The predicted octanol–water partition coefficient (Wildman–Crippen LogP) is 4.19. The lowest BCUT2D eigenvalue weighted by molar-refractivity contribution is -0.154. The van der Waals surface area contributed by atoms with Crippen molar-refractivity contribution in [3.05, 3.63) is 65.7 Å². The number of ether oxygens (including phenoxy) is 3. The van der Waals surface area contributed by atoms with Gasteiger partial charge >= 0.3 is 18.2 Å². The third kappa shape index (κ3) is 6.74. The zero-order chi connectivity index (χ0) is 25.7. The smallest absolute Gasteiger partial charge is 0.422 e. The number of carboxylic acid groups (broad SMARTS) is 1. The summed E-state index contributed by atoms with van der Waals surface area (Å²) in [5, 5.41) is 15.2. The molecule has 1 aromatic heterocycles. The van der Waals surface area contributed by atoms with Crippen LogP contribution in [0.1, 0.15) is 15.9 Å². The van der Waals surface area contributed by atoms with Crippen molar-refractivity contribution < 1.29 is 37.3 Å². The number of anilines is 3. The second-order valence-electron chi connectivity index (χ2n) is 7.63. The number of alkyl halides is 3. The average Bonchev–Trinajstić information content (AvgIpc) is 2.83. The highest BCUT2D eigenvalue weighted by Crippen LogP contribution is 2.27. The number of hydrogen-bond acceptors (Lipinski definition) is 9. The van der Waals surface area contributed by atoms with Gasteiger partial charge in [0, 0.05) is 18.3 Å². The first-order chi connectivity index (χ1) is 17.1. The van der Waals surface area contributed by atoms with E-state index in [1.54, 1.807) is 24.3 Å². The molecule has 3 heterocycles. The molecule has 0 saturated carbocycles. The van der Waals surface area contributed by atoms with Crippen molar-refractivity contribution in [1.82, 2.24) is 15.0 Å². The molecule has 5 rings (SSSR count). The number of rotatable bonds is 3. The summed E-state index contributed by atoms with van der Waals surface area (Å²) in [6.07, 6.45) is -4.59. The number of nitrogens with one attached hydrogen (secondary N) is 2. The molecule has 0 fully saturated rings. The third-order valence-corrected chi connectivity index (χ3v) is 4.70. The van der Waals surface area contributed by atoms with E-state index in [-0.39, 0.29) is 43.0 Å². The van der Waals surface area contributed by atoms with Gasteiger partial charge in [0.05, 0.1) is 0 Å². The molecule has 2 aliphatic heterocycles. The topological polar surface area (TPSA) is 128 Å². The van der Waals surface area contributed by atoms with Crippen LogP contribution in [0, 0.1) is 0 Å². The van der Waals surface area contributed by atoms with Gasteiger partial charge in [-0.3, -0.25) is 0 Å². The van der Waals surface area contributed by atoms with E-state index in [9.17, 15) is 23.1 Å². The van der Waals surface area contributed by atoms with Gasteiger partial charge in [-0.15, -0.1) is 0 Å². The van der Waals surface area contributed by atoms with Crippen LogP contribution in [-0.2, 0) is 6.54 Å². The highest BCUT2D eigenvalue weighted by molar-refractivity contribution is 5.91. The van der Waals surface area contributed by atoms with Gasteiger partial charge in [-0.05, 0) is 35.4 Å². The molecule has 0 saturated heterocycles. The van der Waals surface area contributed by atoms with Gasteiger partial charge in [0.15, 0.2) is 6.61 Å². The Morgan fingerprint density at radius 1 is 1.06 bits per heavy atom. The van der Waals surface area contributed by atoms with E-state index in [4.69, 9.17) is 14.2 Å². The van der Waals surface area contributed by atoms with Gasteiger partial charge < -0.3 is 30.0 Å². The van der Waals surface area contributed by atoms with Gasteiger partial charge in [-0.2, -0.15) is 28.1 Å². The van der Waals surface area contributed by atoms with Crippen molar-refractivity contribution in [1.29, 1.82) is 0 Å². The van der Waals surface area contributed by atoms with E-state index in [2.05, 4.69) is 32.2 Å². The largest absolute Gasteiger partial charge is 0.489 e. The molecule has 0 amide bonds. The van der Waals surface area contributed by atoms with E-state index in [0.717, 1.165) is 5.56 Å². The quantitative estimate of drug-likeness (QED) is 0.448. The summed E-state index contributed by atoms with van der Waals surface area (Å²) in [4.78, 5) is 23.6. The maximum Gasteiger partial charge on any atom is 0.422 e. The van der Waals surface area contributed by atoms with E-state index >= 15 is 0 Å². The zero-order valence-corrected chi connectivity index (χ0v) is 18.6. The van der Waals surface area contributed by atoms with Gasteiger partial charge in [0.25, 0.3) is 0 Å². The van der Waals surface area contributed by atoms with Crippen LogP contribution in [0.4, 0.5) is 30.8 Å². The van der Waals surface area contributed by atoms with E-state index in [1.165, 1.54) is 18.2 Å². The highest BCUT2D eigenvalue weighted by Gasteiger charge is 2.29. The molecule has 0 radical (unpaired) electrons. The van der Waals surface area contributed by atoms with Crippen LogP contribution >= 0.6 is 0 Å². The van der Waals surface area contributed by atoms with Crippen LogP contribution in [0.25, 0.3) is 0 Å². The summed E-state index contributed by atoms with van der Waals surface area (Å²) in [6.45, 7) is 2.69. The molecular formula is C23H20F3N5O5. The zero-order valence-electron chi connectivity index (χ0n) is 18.6.